The lowest BCUT2D eigenvalue weighted by Gasteiger charge is -2.18. The van der Waals surface area contributed by atoms with Crippen LogP contribution in [0.25, 0.3) is 0 Å². The zero-order valence-electron chi connectivity index (χ0n) is 18.5. The fraction of sp³-hybridized carbons (Fsp3) is 0.500. The van der Waals surface area contributed by atoms with Crippen molar-refractivity contribution in [2.45, 2.75) is 51.5 Å². The Morgan fingerprint density at radius 2 is 1.81 bits per heavy atom. The minimum absolute atomic E-state index is 0.0222. The molecule has 0 aliphatic rings. The third-order valence-corrected chi connectivity index (χ3v) is 7.18. The summed E-state index contributed by atoms with van der Waals surface area (Å²) in [6.07, 6.45) is 0.440. The summed E-state index contributed by atoms with van der Waals surface area (Å²) in [5.74, 6) is -0.779. The molecule has 32 heavy (non-hydrogen) atoms. The van der Waals surface area contributed by atoms with Gasteiger partial charge in [0, 0.05) is 16.4 Å². The molecule has 0 N–H and O–H groups in total. The predicted molar refractivity (Wildman–Crippen MR) is 127 cm³/mol. The molecule has 1 aromatic carbocycles. The molecule has 0 saturated heterocycles. The van der Waals surface area contributed by atoms with Gasteiger partial charge in [0.05, 0.1) is 30.5 Å². The normalized spacial score (nSPS) is 12.5. The molecule has 2 aromatic rings. The van der Waals surface area contributed by atoms with Crippen LogP contribution in [0, 0.1) is 13.8 Å². The second-order valence-electron chi connectivity index (χ2n) is 7.44. The number of aryl methyl sites for hydroxylation is 2. The highest BCUT2D eigenvalue weighted by Crippen LogP contribution is 2.16. The number of thioether (sulfide) groups is 1. The molecule has 0 spiro atoms. The van der Waals surface area contributed by atoms with Crippen molar-refractivity contribution in [3.63, 3.8) is 0 Å². The molecule has 1 aromatic heterocycles. The van der Waals surface area contributed by atoms with Gasteiger partial charge in [0.15, 0.2) is 15.0 Å². The molecular weight excluding hydrogens is 472 g/mol. The summed E-state index contributed by atoms with van der Waals surface area (Å²) < 4.78 is 36.0. The third-order valence-electron chi connectivity index (χ3n) is 4.31. The number of hydrogen-bond donors (Lipinski definition) is 0. The number of ether oxygens (including phenoxy) is 2. The van der Waals surface area contributed by atoms with Crippen molar-refractivity contribution in [2.75, 3.05) is 23.9 Å². The summed E-state index contributed by atoms with van der Waals surface area (Å²) in [5.41, 5.74) is 2.50. The Morgan fingerprint density at radius 1 is 1.16 bits per heavy atom. The minimum atomic E-state index is -3.37. The van der Waals surface area contributed by atoms with E-state index in [9.17, 15) is 13.2 Å². The Morgan fingerprint density at radius 3 is 2.44 bits per heavy atom. The maximum Gasteiger partial charge on any atom is 0.316 e. The lowest BCUT2D eigenvalue weighted by molar-refractivity contribution is -0.147. The lowest BCUT2D eigenvalue weighted by atomic mass is 10.2. The SMILES string of the molecule is CCCCS(=O)(=O)CC(COCc1ccc(Cl)cc1)OC(=O)CSc1nc(C)cc(C)n1. The van der Waals surface area contributed by atoms with Gasteiger partial charge in [-0.1, -0.05) is 48.8 Å². The van der Waals surface area contributed by atoms with E-state index in [1.807, 2.05) is 39.0 Å². The van der Waals surface area contributed by atoms with Crippen molar-refractivity contribution < 1.29 is 22.7 Å². The summed E-state index contributed by atoms with van der Waals surface area (Å²) in [4.78, 5) is 21.0. The monoisotopic (exact) mass is 500 g/mol. The van der Waals surface area contributed by atoms with Crippen LogP contribution in [0.1, 0.15) is 36.7 Å². The molecule has 1 unspecified atom stereocenters. The quantitative estimate of drug-likeness (QED) is 0.229. The average Bonchev–Trinajstić information content (AvgIpc) is 2.71. The molecule has 0 bridgehead atoms. The van der Waals surface area contributed by atoms with Gasteiger partial charge in [-0.05, 0) is 44.0 Å². The van der Waals surface area contributed by atoms with Gasteiger partial charge >= 0.3 is 5.97 Å². The lowest BCUT2D eigenvalue weighted by Crippen LogP contribution is -2.32. The number of carbonyl (C=O) groups excluding carboxylic acids is 1. The van der Waals surface area contributed by atoms with E-state index in [1.165, 1.54) is 0 Å². The molecule has 176 valence electrons. The van der Waals surface area contributed by atoms with E-state index in [4.69, 9.17) is 21.1 Å². The van der Waals surface area contributed by atoms with Crippen LogP contribution in [0.3, 0.4) is 0 Å². The number of unbranched alkanes of at least 4 members (excludes halogenated alkanes) is 1. The van der Waals surface area contributed by atoms with Crippen molar-refractivity contribution in [3.05, 3.63) is 52.3 Å². The van der Waals surface area contributed by atoms with E-state index in [-0.39, 0.29) is 30.5 Å². The molecule has 0 aliphatic carbocycles. The van der Waals surface area contributed by atoms with Gasteiger partial charge in [-0.3, -0.25) is 4.79 Å². The number of halogens is 1. The first-order valence-corrected chi connectivity index (χ1v) is 13.5. The Balaban J connectivity index is 1.95. The molecular formula is C22H29ClN2O5S2. The van der Waals surface area contributed by atoms with E-state index in [2.05, 4.69) is 9.97 Å². The first-order valence-electron chi connectivity index (χ1n) is 10.3. The van der Waals surface area contributed by atoms with E-state index in [1.54, 1.807) is 12.1 Å². The van der Waals surface area contributed by atoms with Gasteiger partial charge in [0.25, 0.3) is 0 Å². The summed E-state index contributed by atoms with van der Waals surface area (Å²) in [5, 5.41) is 1.10. The maximum absolute atomic E-state index is 12.4. The molecule has 0 aliphatic heterocycles. The van der Waals surface area contributed by atoms with E-state index in [0.29, 0.717) is 16.6 Å². The fourth-order valence-electron chi connectivity index (χ4n) is 2.84. The molecule has 1 heterocycles. The van der Waals surface area contributed by atoms with Crippen LogP contribution in [0.4, 0.5) is 0 Å². The second-order valence-corrected chi connectivity index (χ2v) is 11.1. The summed E-state index contributed by atoms with van der Waals surface area (Å²) in [7, 11) is -3.37. The molecule has 0 radical (unpaired) electrons. The van der Waals surface area contributed by atoms with Gasteiger partial charge in [-0.25, -0.2) is 18.4 Å². The number of hydrogen-bond acceptors (Lipinski definition) is 8. The third kappa shape index (κ3) is 10.3. The van der Waals surface area contributed by atoms with Crippen molar-refractivity contribution in [1.82, 2.24) is 9.97 Å². The highest BCUT2D eigenvalue weighted by Gasteiger charge is 2.23. The van der Waals surface area contributed by atoms with E-state index in [0.717, 1.165) is 35.1 Å². The van der Waals surface area contributed by atoms with Crippen LogP contribution in [-0.4, -0.2) is 54.3 Å². The van der Waals surface area contributed by atoms with Gasteiger partial charge in [0.1, 0.15) is 6.10 Å². The highest BCUT2D eigenvalue weighted by atomic mass is 35.5. The molecule has 0 amide bonds. The average molecular weight is 501 g/mol. The first-order chi connectivity index (χ1) is 15.2. The topological polar surface area (TPSA) is 95.5 Å². The van der Waals surface area contributed by atoms with Gasteiger partial charge in [-0.2, -0.15) is 0 Å². The number of sulfone groups is 1. The summed E-state index contributed by atoms with van der Waals surface area (Å²) >= 11 is 7.04. The van der Waals surface area contributed by atoms with Crippen LogP contribution >= 0.6 is 23.4 Å². The van der Waals surface area contributed by atoms with Gasteiger partial charge in [0.2, 0.25) is 0 Å². The van der Waals surface area contributed by atoms with Crippen molar-refractivity contribution in [2.24, 2.45) is 0 Å². The Kier molecular flexibility index (Phi) is 10.9. The molecule has 2 rings (SSSR count). The number of esters is 1. The molecule has 7 nitrogen and oxygen atoms in total. The van der Waals surface area contributed by atoms with Crippen LogP contribution in [-0.2, 0) is 30.7 Å². The number of benzene rings is 1. The van der Waals surface area contributed by atoms with Crippen LogP contribution in [0.15, 0.2) is 35.5 Å². The largest absolute Gasteiger partial charge is 0.458 e. The zero-order valence-corrected chi connectivity index (χ0v) is 20.9. The Labute approximate surface area is 199 Å². The molecule has 0 fully saturated rings. The standard InChI is InChI=1S/C22H29ClN2O5S2/c1-4-5-10-32(27,28)15-20(13-29-12-18-6-8-19(23)9-7-18)30-21(26)14-31-22-24-16(2)11-17(3)25-22/h6-9,11,20H,4-5,10,12-15H2,1-3H3. The number of carbonyl (C=O) groups is 1. The molecule has 0 saturated carbocycles. The second kappa shape index (κ2) is 13.1. The van der Waals surface area contributed by atoms with E-state index < -0.39 is 21.9 Å². The molecule has 1 atom stereocenters. The Hall–Kier alpha value is -1.68. The summed E-state index contributed by atoms with van der Waals surface area (Å²) in [6.45, 7) is 5.86. The van der Waals surface area contributed by atoms with Gasteiger partial charge < -0.3 is 9.47 Å². The highest BCUT2D eigenvalue weighted by molar-refractivity contribution is 7.99. The molecule has 10 heteroatoms. The van der Waals surface area contributed by atoms with Crippen LogP contribution in [0.2, 0.25) is 5.02 Å². The zero-order chi connectivity index (χ0) is 23.6. The van der Waals surface area contributed by atoms with Crippen LogP contribution in [0.5, 0.6) is 0 Å². The van der Waals surface area contributed by atoms with Crippen LogP contribution < -0.4 is 0 Å². The number of rotatable bonds is 13. The number of aromatic nitrogens is 2. The minimum Gasteiger partial charge on any atom is -0.458 e. The first kappa shape index (κ1) is 26.6. The number of nitrogens with zero attached hydrogens (tertiary/aromatic N) is 2. The maximum atomic E-state index is 12.4. The van der Waals surface area contributed by atoms with Gasteiger partial charge in [-0.15, -0.1) is 0 Å². The summed E-state index contributed by atoms with van der Waals surface area (Å²) in [6, 6.07) is 8.99. The van der Waals surface area contributed by atoms with E-state index >= 15 is 0 Å². The van der Waals surface area contributed by atoms with Crippen molar-refractivity contribution in [3.8, 4) is 0 Å². The fourth-order valence-corrected chi connectivity index (χ4v) is 5.32. The van der Waals surface area contributed by atoms with Crippen molar-refractivity contribution >= 4 is 39.2 Å². The predicted octanol–water partition coefficient (Wildman–Crippen LogP) is 4.18. The van der Waals surface area contributed by atoms with Crippen molar-refractivity contribution in [1.29, 1.82) is 0 Å². The smallest absolute Gasteiger partial charge is 0.316 e. The Bertz CT molecular complexity index is 964.